The largest absolute Gasteiger partial charge is 0.455 e. The summed E-state index contributed by atoms with van der Waals surface area (Å²) in [6, 6.07) is 61.6. The van der Waals surface area contributed by atoms with Crippen LogP contribution >= 0.6 is 0 Å². The van der Waals surface area contributed by atoms with E-state index < -0.39 is 0 Å². The van der Waals surface area contributed by atoms with Crippen LogP contribution in [0.1, 0.15) is 0 Å². The lowest BCUT2D eigenvalue weighted by Gasteiger charge is -2.20. The number of hydrogen-bond donors (Lipinski definition) is 0. The Kier molecular flexibility index (Phi) is 5.64. The lowest BCUT2D eigenvalue weighted by molar-refractivity contribution is 0.672. The Morgan fingerprint density at radius 2 is 0.851 bits per heavy atom. The number of furan rings is 1. The summed E-state index contributed by atoms with van der Waals surface area (Å²) in [6.45, 7) is 0. The first-order chi connectivity index (χ1) is 23.3. The van der Waals surface area contributed by atoms with Gasteiger partial charge in [-0.3, -0.25) is 0 Å². The number of rotatable bonds is 3. The average molecular weight is 597 g/mol. The van der Waals surface area contributed by atoms with Crippen molar-refractivity contribution in [1.82, 2.24) is 0 Å². The Labute approximate surface area is 271 Å². The topological polar surface area (TPSA) is 13.1 Å². The van der Waals surface area contributed by atoms with Gasteiger partial charge in [0.15, 0.2) is 0 Å². The highest BCUT2D eigenvalue weighted by Gasteiger charge is 2.19. The molecule has 10 aromatic rings. The third-order valence-corrected chi connectivity index (χ3v) is 9.84. The summed E-state index contributed by atoms with van der Waals surface area (Å²) >= 11 is 0. The lowest BCUT2D eigenvalue weighted by atomic mass is 9.83. The Hall–Kier alpha value is -6.18. The molecule has 218 valence electrons. The molecule has 0 aliphatic rings. The zero-order chi connectivity index (χ0) is 30.9. The van der Waals surface area contributed by atoms with Crippen LogP contribution in [0.3, 0.4) is 0 Å². The van der Waals surface area contributed by atoms with Gasteiger partial charge >= 0.3 is 0 Å². The van der Waals surface area contributed by atoms with Crippen LogP contribution in [0.2, 0.25) is 0 Å². The Balaban J connectivity index is 1.31. The molecule has 0 N–H and O–H groups in total. The van der Waals surface area contributed by atoms with Crippen LogP contribution in [0, 0.1) is 0 Å². The monoisotopic (exact) mass is 596 g/mol. The van der Waals surface area contributed by atoms with E-state index in [1.807, 2.05) is 6.07 Å². The molecule has 1 heterocycles. The fourth-order valence-electron chi connectivity index (χ4n) is 7.80. The van der Waals surface area contributed by atoms with Gasteiger partial charge in [0.25, 0.3) is 0 Å². The van der Waals surface area contributed by atoms with Crippen molar-refractivity contribution >= 4 is 65.0 Å². The highest BCUT2D eigenvalue weighted by molar-refractivity contribution is 6.24. The second kappa shape index (κ2) is 10.2. The van der Waals surface area contributed by atoms with E-state index in [9.17, 15) is 0 Å². The average Bonchev–Trinajstić information content (AvgIpc) is 3.53. The number of benzene rings is 9. The summed E-state index contributed by atoms with van der Waals surface area (Å²) in [7, 11) is 0. The van der Waals surface area contributed by atoms with Gasteiger partial charge in [0, 0.05) is 16.2 Å². The van der Waals surface area contributed by atoms with Crippen molar-refractivity contribution in [2.75, 3.05) is 0 Å². The molecule has 0 fully saturated rings. The molecule has 0 bridgehead atoms. The second-order valence-corrected chi connectivity index (χ2v) is 12.4. The van der Waals surface area contributed by atoms with Crippen LogP contribution in [0.4, 0.5) is 0 Å². The molecule has 0 aliphatic carbocycles. The molecule has 47 heavy (non-hydrogen) atoms. The summed E-state index contributed by atoms with van der Waals surface area (Å²) in [5.74, 6) is 0. The maximum absolute atomic E-state index is 6.46. The molecule has 1 aromatic heterocycles. The molecule has 0 radical (unpaired) electrons. The van der Waals surface area contributed by atoms with Gasteiger partial charge in [0.05, 0.1) is 0 Å². The zero-order valence-electron chi connectivity index (χ0n) is 25.6. The first kappa shape index (κ1) is 26.1. The third-order valence-electron chi connectivity index (χ3n) is 9.84. The van der Waals surface area contributed by atoms with Crippen LogP contribution in [0.25, 0.3) is 98.4 Å². The molecule has 0 unspecified atom stereocenters. The normalized spacial score (nSPS) is 11.8. The fourth-order valence-corrected chi connectivity index (χ4v) is 7.80. The van der Waals surface area contributed by atoms with Crippen molar-refractivity contribution < 1.29 is 4.42 Å². The minimum absolute atomic E-state index is 0.922. The number of para-hydroxylation sites is 1. The van der Waals surface area contributed by atoms with Crippen molar-refractivity contribution in [3.8, 4) is 33.4 Å². The molecule has 0 atom stereocenters. The van der Waals surface area contributed by atoms with E-state index in [0.29, 0.717) is 0 Å². The van der Waals surface area contributed by atoms with Crippen LogP contribution in [-0.4, -0.2) is 0 Å². The third kappa shape index (κ3) is 3.90. The van der Waals surface area contributed by atoms with Crippen LogP contribution in [0.5, 0.6) is 0 Å². The van der Waals surface area contributed by atoms with Gasteiger partial charge in [-0.05, 0) is 95.3 Å². The van der Waals surface area contributed by atoms with Gasteiger partial charge in [-0.25, -0.2) is 0 Å². The highest BCUT2D eigenvalue weighted by atomic mass is 16.3. The maximum Gasteiger partial charge on any atom is 0.143 e. The first-order valence-corrected chi connectivity index (χ1v) is 16.2. The summed E-state index contributed by atoms with van der Waals surface area (Å²) in [6.07, 6.45) is 0. The van der Waals surface area contributed by atoms with Crippen molar-refractivity contribution in [3.05, 3.63) is 170 Å². The predicted octanol–water partition coefficient (Wildman–Crippen LogP) is 13.2. The summed E-state index contributed by atoms with van der Waals surface area (Å²) in [5.41, 5.74) is 9.29. The number of hydrogen-bond acceptors (Lipinski definition) is 1. The van der Waals surface area contributed by atoms with Crippen LogP contribution in [-0.2, 0) is 0 Å². The van der Waals surface area contributed by atoms with Gasteiger partial charge in [-0.2, -0.15) is 0 Å². The molecule has 0 spiro atoms. The van der Waals surface area contributed by atoms with Crippen molar-refractivity contribution in [1.29, 1.82) is 0 Å². The molecule has 0 saturated carbocycles. The molecule has 9 aromatic carbocycles. The van der Waals surface area contributed by atoms with Gasteiger partial charge in [0.1, 0.15) is 11.2 Å². The second-order valence-electron chi connectivity index (χ2n) is 12.4. The van der Waals surface area contributed by atoms with E-state index in [1.165, 1.54) is 71.1 Å². The van der Waals surface area contributed by atoms with Crippen LogP contribution in [0.15, 0.2) is 174 Å². The summed E-state index contributed by atoms with van der Waals surface area (Å²) < 4.78 is 6.46. The van der Waals surface area contributed by atoms with Crippen molar-refractivity contribution in [2.24, 2.45) is 0 Å². The molecule has 0 saturated heterocycles. The Morgan fingerprint density at radius 3 is 1.60 bits per heavy atom. The lowest BCUT2D eigenvalue weighted by Crippen LogP contribution is -1.92. The number of fused-ring (bicyclic) bond motifs is 8. The van der Waals surface area contributed by atoms with Crippen molar-refractivity contribution in [2.45, 2.75) is 0 Å². The van der Waals surface area contributed by atoms with E-state index >= 15 is 0 Å². The maximum atomic E-state index is 6.46. The fraction of sp³-hybridized carbons (Fsp3) is 0. The summed E-state index contributed by atoms with van der Waals surface area (Å²) in [4.78, 5) is 0. The quantitative estimate of drug-likeness (QED) is 0.185. The van der Waals surface area contributed by atoms with E-state index in [0.717, 1.165) is 27.3 Å². The smallest absolute Gasteiger partial charge is 0.143 e. The molecule has 0 amide bonds. The minimum Gasteiger partial charge on any atom is -0.455 e. The summed E-state index contributed by atoms with van der Waals surface area (Å²) in [5, 5.41) is 12.1. The van der Waals surface area contributed by atoms with Crippen molar-refractivity contribution in [3.63, 3.8) is 0 Å². The van der Waals surface area contributed by atoms with Gasteiger partial charge < -0.3 is 4.42 Å². The Bertz CT molecular complexity index is 2780. The molecule has 1 heteroatoms. The highest BCUT2D eigenvalue weighted by Crippen LogP contribution is 2.47. The van der Waals surface area contributed by atoms with Gasteiger partial charge in [-0.1, -0.05) is 146 Å². The zero-order valence-corrected chi connectivity index (χ0v) is 25.6. The van der Waals surface area contributed by atoms with Gasteiger partial charge in [-0.15, -0.1) is 0 Å². The standard InChI is InChI=1S/C46H28O/c1-2-13-29(14-3-1)44-36-18-6-8-20-38(36)45(39-21-9-7-19-37(39)44)42-28-31(27-30-15-4-5-16-32(30)42)33-22-12-23-40-34(33)25-26-41-35-17-10-11-24-43(35)47-46(40)41/h1-28H. The molecule has 0 aliphatic heterocycles. The Morgan fingerprint density at radius 1 is 0.298 bits per heavy atom. The minimum atomic E-state index is 0.922. The molecule has 1 nitrogen and oxygen atoms in total. The molecular formula is C46H28O. The molecular weight excluding hydrogens is 569 g/mol. The van der Waals surface area contributed by atoms with E-state index in [1.54, 1.807) is 0 Å². The predicted molar refractivity (Wildman–Crippen MR) is 200 cm³/mol. The SMILES string of the molecule is c1ccc(-c2c3ccccc3c(-c3cc(-c4cccc5c4ccc4c6ccccc6oc54)cc4ccccc34)c3ccccc23)cc1. The van der Waals surface area contributed by atoms with E-state index in [2.05, 4.69) is 164 Å². The van der Waals surface area contributed by atoms with E-state index in [-0.39, 0.29) is 0 Å². The first-order valence-electron chi connectivity index (χ1n) is 16.2. The van der Waals surface area contributed by atoms with E-state index in [4.69, 9.17) is 4.42 Å². The van der Waals surface area contributed by atoms with Gasteiger partial charge in [0.2, 0.25) is 0 Å². The van der Waals surface area contributed by atoms with Crippen LogP contribution < -0.4 is 0 Å². The molecule has 10 rings (SSSR count).